The number of hydrogen-bond donors (Lipinski definition) is 1. The standard InChI is InChI=1S/C12H18N2/c1-9-3-4-11(10(2)14-9)5-6-12(13)7-8-12/h3-4H,5-8,13H2,1-2H3. The van der Waals surface area contributed by atoms with Crippen molar-refractivity contribution in [2.75, 3.05) is 0 Å². The molecular weight excluding hydrogens is 172 g/mol. The molecule has 76 valence electrons. The Labute approximate surface area is 85.5 Å². The van der Waals surface area contributed by atoms with Gasteiger partial charge in [0.05, 0.1) is 0 Å². The Bertz CT molecular complexity index is 340. The van der Waals surface area contributed by atoms with E-state index < -0.39 is 0 Å². The van der Waals surface area contributed by atoms with E-state index in [1.807, 2.05) is 6.92 Å². The average Bonchev–Trinajstić information content (AvgIpc) is 2.83. The monoisotopic (exact) mass is 190 g/mol. The predicted molar refractivity (Wildman–Crippen MR) is 58.2 cm³/mol. The minimum Gasteiger partial charge on any atom is -0.325 e. The van der Waals surface area contributed by atoms with Crippen molar-refractivity contribution in [3.05, 3.63) is 29.1 Å². The maximum Gasteiger partial charge on any atom is 0.0407 e. The summed E-state index contributed by atoms with van der Waals surface area (Å²) in [5.41, 5.74) is 9.83. The quantitative estimate of drug-likeness (QED) is 0.793. The Morgan fingerprint density at radius 1 is 1.36 bits per heavy atom. The third-order valence-electron chi connectivity index (χ3n) is 3.12. The smallest absolute Gasteiger partial charge is 0.0407 e. The SMILES string of the molecule is Cc1ccc(CCC2(N)CC2)c(C)n1. The van der Waals surface area contributed by atoms with Gasteiger partial charge in [-0.25, -0.2) is 0 Å². The van der Waals surface area contributed by atoms with Crippen molar-refractivity contribution >= 4 is 0 Å². The van der Waals surface area contributed by atoms with Crippen LogP contribution in [0.3, 0.4) is 0 Å². The van der Waals surface area contributed by atoms with Gasteiger partial charge in [-0.2, -0.15) is 0 Å². The van der Waals surface area contributed by atoms with Crippen molar-refractivity contribution in [3.63, 3.8) is 0 Å². The van der Waals surface area contributed by atoms with Crippen LogP contribution in [-0.2, 0) is 6.42 Å². The third kappa shape index (κ3) is 2.13. The first kappa shape index (κ1) is 9.66. The minimum atomic E-state index is 0.164. The lowest BCUT2D eigenvalue weighted by molar-refractivity contribution is 0.607. The molecule has 1 aliphatic rings. The fourth-order valence-corrected chi connectivity index (χ4v) is 1.77. The second-order valence-corrected chi connectivity index (χ2v) is 4.56. The molecule has 0 amide bonds. The lowest BCUT2D eigenvalue weighted by atomic mass is 10.0. The Balaban J connectivity index is 2.02. The van der Waals surface area contributed by atoms with E-state index >= 15 is 0 Å². The molecule has 2 rings (SSSR count). The van der Waals surface area contributed by atoms with E-state index in [-0.39, 0.29) is 5.54 Å². The topological polar surface area (TPSA) is 38.9 Å². The molecule has 0 unspecified atom stereocenters. The van der Waals surface area contributed by atoms with Gasteiger partial charge >= 0.3 is 0 Å². The third-order valence-corrected chi connectivity index (χ3v) is 3.12. The van der Waals surface area contributed by atoms with Crippen LogP contribution in [0.5, 0.6) is 0 Å². The number of nitrogens with zero attached hydrogens (tertiary/aromatic N) is 1. The first-order valence-corrected chi connectivity index (χ1v) is 5.31. The van der Waals surface area contributed by atoms with Gasteiger partial charge in [-0.05, 0) is 51.2 Å². The zero-order valence-corrected chi connectivity index (χ0v) is 9.01. The molecule has 1 saturated carbocycles. The van der Waals surface area contributed by atoms with Gasteiger partial charge in [-0.3, -0.25) is 4.98 Å². The lowest BCUT2D eigenvalue weighted by Crippen LogP contribution is -2.22. The fourth-order valence-electron chi connectivity index (χ4n) is 1.77. The molecule has 1 heterocycles. The summed E-state index contributed by atoms with van der Waals surface area (Å²) in [6.45, 7) is 4.11. The van der Waals surface area contributed by atoms with E-state index in [9.17, 15) is 0 Å². The van der Waals surface area contributed by atoms with Crippen LogP contribution in [0, 0.1) is 13.8 Å². The van der Waals surface area contributed by atoms with E-state index in [1.54, 1.807) is 0 Å². The second kappa shape index (κ2) is 3.35. The zero-order chi connectivity index (χ0) is 10.2. The molecule has 1 fully saturated rings. The fraction of sp³-hybridized carbons (Fsp3) is 0.583. The molecule has 0 radical (unpaired) electrons. The van der Waals surface area contributed by atoms with E-state index in [0.29, 0.717) is 0 Å². The van der Waals surface area contributed by atoms with Gasteiger partial charge in [0, 0.05) is 16.9 Å². The molecule has 0 aliphatic heterocycles. The maximum atomic E-state index is 6.05. The molecule has 0 atom stereocenters. The van der Waals surface area contributed by atoms with Gasteiger partial charge < -0.3 is 5.73 Å². The number of hydrogen-bond acceptors (Lipinski definition) is 2. The van der Waals surface area contributed by atoms with Crippen LogP contribution in [-0.4, -0.2) is 10.5 Å². The number of aromatic nitrogens is 1. The summed E-state index contributed by atoms with van der Waals surface area (Å²) in [5, 5.41) is 0. The molecule has 2 N–H and O–H groups in total. The van der Waals surface area contributed by atoms with Gasteiger partial charge in [-0.15, -0.1) is 0 Å². The summed E-state index contributed by atoms with van der Waals surface area (Å²) in [5.74, 6) is 0. The first-order chi connectivity index (χ1) is 6.59. The zero-order valence-electron chi connectivity index (χ0n) is 9.01. The molecule has 2 nitrogen and oxygen atoms in total. The Kier molecular flexibility index (Phi) is 2.31. The van der Waals surface area contributed by atoms with Crippen LogP contribution in [0.4, 0.5) is 0 Å². The highest BCUT2D eigenvalue weighted by atomic mass is 14.8. The van der Waals surface area contributed by atoms with Crippen LogP contribution in [0.2, 0.25) is 0 Å². The Morgan fingerprint density at radius 3 is 2.64 bits per heavy atom. The second-order valence-electron chi connectivity index (χ2n) is 4.56. The minimum absolute atomic E-state index is 0.164. The molecule has 1 aliphatic carbocycles. The van der Waals surface area contributed by atoms with E-state index in [1.165, 1.54) is 18.4 Å². The molecule has 1 aromatic heterocycles. The molecule has 0 aromatic carbocycles. The normalized spacial score (nSPS) is 18.2. The highest BCUT2D eigenvalue weighted by Gasteiger charge is 2.37. The molecular formula is C12H18N2. The summed E-state index contributed by atoms with van der Waals surface area (Å²) in [6, 6.07) is 4.27. The molecule has 1 aromatic rings. The summed E-state index contributed by atoms with van der Waals surface area (Å²) >= 11 is 0. The summed E-state index contributed by atoms with van der Waals surface area (Å²) < 4.78 is 0. The maximum absolute atomic E-state index is 6.05. The van der Waals surface area contributed by atoms with Crippen LogP contribution < -0.4 is 5.73 Å². The van der Waals surface area contributed by atoms with Gasteiger partial charge in [0.2, 0.25) is 0 Å². The van der Waals surface area contributed by atoms with Crippen LogP contribution in [0.25, 0.3) is 0 Å². The lowest BCUT2D eigenvalue weighted by Gasteiger charge is -2.10. The number of pyridine rings is 1. The van der Waals surface area contributed by atoms with Crippen molar-refractivity contribution in [2.24, 2.45) is 5.73 Å². The van der Waals surface area contributed by atoms with Crippen molar-refractivity contribution < 1.29 is 0 Å². The predicted octanol–water partition coefficient (Wildman–Crippen LogP) is 2.12. The Hall–Kier alpha value is -0.890. The van der Waals surface area contributed by atoms with E-state index in [0.717, 1.165) is 24.2 Å². The summed E-state index contributed by atoms with van der Waals surface area (Å²) in [6.07, 6.45) is 4.59. The van der Waals surface area contributed by atoms with Crippen molar-refractivity contribution in [1.29, 1.82) is 0 Å². The molecule has 0 spiro atoms. The highest BCUT2D eigenvalue weighted by molar-refractivity contribution is 5.22. The van der Waals surface area contributed by atoms with Crippen LogP contribution >= 0.6 is 0 Å². The summed E-state index contributed by atoms with van der Waals surface area (Å²) in [7, 11) is 0. The van der Waals surface area contributed by atoms with Crippen molar-refractivity contribution in [1.82, 2.24) is 4.98 Å². The van der Waals surface area contributed by atoms with Gasteiger partial charge in [0.1, 0.15) is 0 Å². The first-order valence-electron chi connectivity index (χ1n) is 5.31. The van der Waals surface area contributed by atoms with E-state index in [4.69, 9.17) is 5.73 Å². The van der Waals surface area contributed by atoms with Crippen LogP contribution in [0.15, 0.2) is 12.1 Å². The number of aryl methyl sites for hydroxylation is 3. The van der Waals surface area contributed by atoms with Crippen molar-refractivity contribution in [2.45, 2.75) is 45.1 Å². The average molecular weight is 190 g/mol. The van der Waals surface area contributed by atoms with E-state index in [2.05, 4.69) is 24.0 Å². The molecule has 0 bridgehead atoms. The van der Waals surface area contributed by atoms with Gasteiger partial charge in [0.15, 0.2) is 0 Å². The summed E-state index contributed by atoms with van der Waals surface area (Å²) in [4.78, 5) is 4.45. The highest BCUT2D eigenvalue weighted by Crippen LogP contribution is 2.36. The largest absolute Gasteiger partial charge is 0.325 e. The number of rotatable bonds is 3. The van der Waals surface area contributed by atoms with Crippen molar-refractivity contribution in [3.8, 4) is 0 Å². The van der Waals surface area contributed by atoms with Gasteiger partial charge in [0.25, 0.3) is 0 Å². The molecule has 0 saturated heterocycles. The van der Waals surface area contributed by atoms with Gasteiger partial charge in [-0.1, -0.05) is 6.07 Å². The molecule has 2 heteroatoms. The Morgan fingerprint density at radius 2 is 2.07 bits per heavy atom. The molecule has 14 heavy (non-hydrogen) atoms. The van der Waals surface area contributed by atoms with Crippen LogP contribution in [0.1, 0.15) is 36.2 Å². The number of nitrogens with two attached hydrogens (primary N) is 1.